The second kappa shape index (κ2) is 8.61. The molecule has 0 fully saturated rings. The second-order valence-corrected chi connectivity index (χ2v) is 4.20. The van der Waals surface area contributed by atoms with Gasteiger partial charge in [0.2, 0.25) is 0 Å². The highest BCUT2D eigenvalue weighted by atomic mass is 19.1. The number of aryl methyl sites for hydroxylation is 1. The summed E-state index contributed by atoms with van der Waals surface area (Å²) >= 11 is 0. The zero-order valence-electron chi connectivity index (χ0n) is 11.4. The third-order valence-corrected chi connectivity index (χ3v) is 2.55. The van der Waals surface area contributed by atoms with Crippen LogP contribution in [0.5, 0.6) is 0 Å². The number of hydrogen-bond acceptors (Lipinski definition) is 3. The summed E-state index contributed by atoms with van der Waals surface area (Å²) in [4.78, 5) is 11.7. The maximum absolute atomic E-state index is 13.4. The molecule has 1 N–H and O–H groups in total. The molecule has 0 heterocycles. The molecule has 0 spiro atoms. The van der Waals surface area contributed by atoms with Crippen molar-refractivity contribution in [3.8, 4) is 0 Å². The Morgan fingerprint density at radius 1 is 1.32 bits per heavy atom. The van der Waals surface area contributed by atoms with Gasteiger partial charge in [-0.25, -0.2) is 4.39 Å². The highest BCUT2D eigenvalue weighted by Crippen LogP contribution is 2.09. The van der Waals surface area contributed by atoms with Gasteiger partial charge in [0.15, 0.2) is 0 Å². The minimum atomic E-state index is -0.501. The monoisotopic (exact) mass is 269 g/mol. The van der Waals surface area contributed by atoms with Crippen LogP contribution in [-0.2, 0) is 9.47 Å². The van der Waals surface area contributed by atoms with E-state index in [2.05, 4.69) is 5.32 Å². The van der Waals surface area contributed by atoms with Crippen LogP contribution in [0.25, 0.3) is 0 Å². The third kappa shape index (κ3) is 5.81. The van der Waals surface area contributed by atoms with Crippen LogP contribution in [0.1, 0.15) is 22.3 Å². The van der Waals surface area contributed by atoms with E-state index in [-0.39, 0.29) is 5.56 Å². The summed E-state index contributed by atoms with van der Waals surface area (Å²) in [7, 11) is 1.61. The molecule has 0 radical (unpaired) electrons. The van der Waals surface area contributed by atoms with Gasteiger partial charge in [-0.3, -0.25) is 4.79 Å². The number of carbonyl (C=O) groups excluding carboxylic acids is 1. The zero-order chi connectivity index (χ0) is 14.1. The molecule has 0 aliphatic heterocycles. The topological polar surface area (TPSA) is 47.6 Å². The van der Waals surface area contributed by atoms with E-state index in [1.807, 2.05) is 6.92 Å². The predicted octanol–water partition coefficient (Wildman–Crippen LogP) is 1.92. The molecule has 0 aliphatic rings. The predicted molar refractivity (Wildman–Crippen MR) is 70.8 cm³/mol. The fourth-order valence-corrected chi connectivity index (χ4v) is 1.53. The van der Waals surface area contributed by atoms with Gasteiger partial charge in [-0.1, -0.05) is 11.6 Å². The number of hydrogen-bond donors (Lipinski definition) is 1. The molecule has 0 aliphatic carbocycles. The highest BCUT2D eigenvalue weighted by Gasteiger charge is 2.10. The number of halogens is 1. The molecular formula is C14H20FNO3. The van der Waals surface area contributed by atoms with Gasteiger partial charge in [0.1, 0.15) is 5.82 Å². The van der Waals surface area contributed by atoms with E-state index in [4.69, 9.17) is 9.47 Å². The van der Waals surface area contributed by atoms with Crippen molar-refractivity contribution in [1.82, 2.24) is 5.32 Å². The number of rotatable bonds is 8. The summed E-state index contributed by atoms with van der Waals surface area (Å²) in [6, 6.07) is 4.48. The van der Waals surface area contributed by atoms with Crippen LogP contribution in [0.15, 0.2) is 18.2 Å². The lowest BCUT2D eigenvalue weighted by Crippen LogP contribution is -2.26. The first-order chi connectivity index (χ1) is 9.15. The Morgan fingerprint density at radius 2 is 2.11 bits per heavy atom. The van der Waals surface area contributed by atoms with E-state index in [9.17, 15) is 9.18 Å². The molecule has 4 nitrogen and oxygen atoms in total. The Kier molecular flexibility index (Phi) is 7.07. The van der Waals surface area contributed by atoms with Crippen molar-refractivity contribution in [2.75, 3.05) is 33.5 Å². The lowest BCUT2D eigenvalue weighted by Gasteiger charge is -2.07. The van der Waals surface area contributed by atoms with Crippen molar-refractivity contribution in [1.29, 1.82) is 0 Å². The van der Waals surface area contributed by atoms with E-state index in [0.29, 0.717) is 32.8 Å². The normalized spacial score (nSPS) is 10.5. The molecule has 1 amide bonds. The smallest absolute Gasteiger partial charge is 0.254 e. The first kappa shape index (κ1) is 15.6. The van der Waals surface area contributed by atoms with Crippen LogP contribution in [-0.4, -0.2) is 39.4 Å². The molecule has 106 valence electrons. The van der Waals surface area contributed by atoms with Crippen LogP contribution in [0, 0.1) is 12.7 Å². The largest absolute Gasteiger partial charge is 0.382 e. The SMILES string of the molecule is COCCOCCCNC(=O)c1cc(C)ccc1F. The lowest BCUT2D eigenvalue weighted by atomic mass is 10.1. The minimum absolute atomic E-state index is 0.0836. The Bertz CT molecular complexity index is 410. The molecule has 0 atom stereocenters. The number of carbonyl (C=O) groups is 1. The van der Waals surface area contributed by atoms with Gasteiger partial charge >= 0.3 is 0 Å². The molecule has 0 saturated carbocycles. The van der Waals surface area contributed by atoms with Crippen molar-refractivity contribution < 1.29 is 18.7 Å². The molecule has 0 bridgehead atoms. The van der Waals surface area contributed by atoms with Crippen molar-refractivity contribution in [2.24, 2.45) is 0 Å². The second-order valence-electron chi connectivity index (χ2n) is 4.20. The minimum Gasteiger partial charge on any atom is -0.382 e. The molecule has 1 aromatic carbocycles. The molecule has 1 rings (SSSR count). The summed E-state index contributed by atoms with van der Waals surface area (Å²) in [5.41, 5.74) is 0.940. The lowest BCUT2D eigenvalue weighted by molar-refractivity contribution is 0.0688. The van der Waals surface area contributed by atoms with Gasteiger partial charge < -0.3 is 14.8 Å². The Morgan fingerprint density at radius 3 is 2.84 bits per heavy atom. The van der Waals surface area contributed by atoms with Crippen LogP contribution < -0.4 is 5.32 Å². The first-order valence-corrected chi connectivity index (χ1v) is 6.26. The standard InChI is InChI=1S/C14H20FNO3/c1-11-4-5-13(15)12(10-11)14(17)16-6-3-7-19-9-8-18-2/h4-5,10H,3,6-9H2,1-2H3,(H,16,17). The van der Waals surface area contributed by atoms with E-state index >= 15 is 0 Å². The average molecular weight is 269 g/mol. The van der Waals surface area contributed by atoms with Crippen LogP contribution in [0.2, 0.25) is 0 Å². The van der Waals surface area contributed by atoms with Crippen molar-refractivity contribution in [2.45, 2.75) is 13.3 Å². The number of ether oxygens (including phenoxy) is 2. The Hall–Kier alpha value is -1.46. The summed E-state index contributed by atoms with van der Waals surface area (Å²) in [6.07, 6.45) is 0.683. The van der Waals surface area contributed by atoms with Crippen molar-refractivity contribution in [3.05, 3.63) is 35.1 Å². The summed E-state index contributed by atoms with van der Waals surface area (Å²) in [5.74, 6) is -0.891. The first-order valence-electron chi connectivity index (χ1n) is 6.26. The maximum atomic E-state index is 13.4. The molecule has 1 aromatic rings. The van der Waals surface area contributed by atoms with Crippen LogP contribution in [0.3, 0.4) is 0 Å². The fraction of sp³-hybridized carbons (Fsp3) is 0.500. The Labute approximate surface area is 112 Å². The summed E-state index contributed by atoms with van der Waals surface area (Å²) in [6.45, 7) is 3.91. The summed E-state index contributed by atoms with van der Waals surface area (Å²) < 4.78 is 23.5. The van der Waals surface area contributed by atoms with Gasteiger partial charge in [0.05, 0.1) is 18.8 Å². The fourth-order valence-electron chi connectivity index (χ4n) is 1.53. The molecule has 0 unspecified atom stereocenters. The van der Waals surface area contributed by atoms with Gasteiger partial charge in [-0.2, -0.15) is 0 Å². The van der Waals surface area contributed by atoms with E-state index < -0.39 is 11.7 Å². The molecule has 0 saturated heterocycles. The summed E-state index contributed by atoms with van der Waals surface area (Å²) in [5, 5.41) is 2.67. The van der Waals surface area contributed by atoms with Crippen LogP contribution >= 0.6 is 0 Å². The quantitative estimate of drug-likeness (QED) is 0.733. The van der Waals surface area contributed by atoms with Gasteiger partial charge in [-0.05, 0) is 25.5 Å². The van der Waals surface area contributed by atoms with E-state index in [0.717, 1.165) is 5.56 Å². The van der Waals surface area contributed by atoms with Crippen molar-refractivity contribution in [3.63, 3.8) is 0 Å². The van der Waals surface area contributed by atoms with Gasteiger partial charge in [0, 0.05) is 20.3 Å². The van der Waals surface area contributed by atoms with Crippen molar-refractivity contribution >= 4 is 5.91 Å². The molecule has 19 heavy (non-hydrogen) atoms. The number of methoxy groups -OCH3 is 1. The van der Waals surface area contributed by atoms with E-state index in [1.165, 1.54) is 6.07 Å². The average Bonchev–Trinajstić information content (AvgIpc) is 2.40. The molecule has 5 heteroatoms. The number of benzene rings is 1. The highest BCUT2D eigenvalue weighted by molar-refractivity contribution is 5.94. The van der Waals surface area contributed by atoms with Gasteiger partial charge in [-0.15, -0.1) is 0 Å². The Balaban J connectivity index is 2.26. The number of nitrogens with one attached hydrogen (secondary N) is 1. The van der Waals surface area contributed by atoms with E-state index in [1.54, 1.807) is 19.2 Å². The number of amides is 1. The van der Waals surface area contributed by atoms with Gasteiger partial charge in [0.25, 0.3) is 5.91 Å². The molecule has 0 aromatic heterocycles. The third-order valence-electron chi connectivity index (χ3n) is 2.55. The maximum Gasteiger partial charge on any atom is 0.254 e. The zero-order valence-corrected chi connectivity index (χ0v) is 11.4. The van der Waals surface area contributed by atoms with Crippen LogP contribution in [0.4, 0.5) is 4.39 Å². The molecular weight excluding hydrogens is 249 g/mol.